The van der Waals surface area contributed by atoms with E-state index in [2.05, 4.69) is 5.32 Å². The number of carbonyl (C=O) groups excluding carboxylic acids is 2. The van der Waals surface area contributed by atoms with E-state index >= 15 is 0 Å². The second kappa shape index (κ2) is 5.71. The summed E-state index contributed by atoms with van der Waals surface area (Å²) >= 11 is 0. The van der Waals surface area contributed by atoms with Crippen molar-refractivity contribution in [2.24, 2.45) is 0 Å². The maximum Gasteiger partial charge on any atom is 0.245 e. The lowest BCUT2D eigenvalue weighted by Gasteiger charge is -2.38. The molecule has 7 heteroatoms. The first-order valence-electron chi connectivity index (χ1n) is 7.19. The molecule has 0 aromatic carbocycles. The molecule has 2 fully saturated rings. The van der Waals surface area contributed by atoms with Crippen molar-refractivity contribution in [3.8, 4) is 0 Å². The summed E-state index contributed by atoms with van der Waals surface area (Å²) in [7, 11) is -3.11. The zero-order chi connectivity index (χ0) is 14.9. The molecule has 0 aromatic rings. The third-order valence-electron chi connectivity index (χ3n) is 4.19. The van der Waals surface area contributed by atoms with Gasteiger partial charge >= 0.3 is 0 Å². The summed E-state index contributed by atoms with van der Waals surface area (Å²) in [5, 5.41) is 2.20. The molecule has 0 aromatic heterocycles. The van der Waals surface area contributed by atoms with Crippen LogP contribution in [0.3, 0.4) is 0 Å². The SMILES string of the molecule is CCCC1NC(=O)C(C)N(CC2CCCS2(=O)=O)C1=O. The van der Waals surface area contributed by atoms with Crippen molar-refractivity contribution < 1.29 is 18.0 Å². The summed E-state index contributed by atoms with van der Waals surface area (Å²) in [6, 6.07) is -1.10. The number of hydrogen-bond donors (Lipinski definition) is 1. The van der Waals surface area contributed by atoms with E-state index in [1.807, 2.05) is 6.92 Å². The minimum atomic E-state index is -3.11. The second-order valence-electron chi connectivity index (χ2n) is 5.65. The van der Waals surface area contributed by atoms with Gasteiger partial charge in [-0.2, -0.15) is 0 Å². The highest BCUT2D eigenvalue weighted by Gasteiger charge is 2.41. The average Bonchev–Trinajstić information content (AvgIpc) is 2.71. The van der Waals surface area contributed by atoms with Crippen LogP contribution >= 0.6 is 0 Å². The van der Waals surface area contributed by atoms with Gasteiger partial charge in [0.05, 0.1) is 11.0 Å². The van der Waals surface area contributed by atoms with Crippen molar-refractivity contribution in [2.45, 2.75) is 56.9 Å². The molecule has 0 radical (unpaired) electrons. The predicted octanol–water partition coefficient (Wildman–Crippen LogP) is 0.0792. The molecule has 2 amide bonds. The smallest absolute Gasteiger partial charge is 0.245 e. The number of piperazine rings is 1. The van der Waals surface area contributed by atoms with Gasteiger partial charge in [0.1, 0.15) is 12.1 Å². The molecule has 2 rings (SSSR count). The largest absolute Gasteiger partial charge is 0.343 e. The molecule has 20 heavy (non-hydrogen) atoms. The van der Waals surface area contributed by atoms with Crippen LogP contribution < -0.4 is 5.32 Å². The molecule has 2 aliphatic heterocycles. The maximum atomic E-state index is 12.4. The topological polar surface area (TPSA) is 83.6 Å². The normalized spacial score (nSPS) is 33.3. The Labute approximate surface area is 119 Å². The molecular weight excluding hydrogens is 280 g/mol. The van der Waals surface area contributed by atoms with Gasteiger partial charge in [0.2, 0.25) is 11.8 Å². The molecular formula is C13H22N2O4S. The highest BCUT2D eigenvalue weighted by atomic mass is 32.2. The van der Waals surface area contributed by atoms with E-state index in [0.717, 1.165) is 6.42 Å². The van der Waals surface area contributed by atoms with Crippen molar-refractivity contribution in [1.29, 1.82) is 0 Å². The molecule has 3 unspecified atom stereocenters. The van der Waals surface area contributed by atoms with E-state index in [4.69, 9.17) is 0 Å². The van der Waals surface area contributed by atoms with Gasteiger partial charge in [-0.3, -0.25) is 9.59 Å². The fourth-order valence-corrected chi connectivity index (χ4v) is 4.72. The number of carbonyl (C=O) groups is 2. The summed E-state index contributed by atoms with van der Waals surface area (Å²) in [6.45, 7) is 3.75. The average molecular weight is 302 g/mol. The third-order valence-corrected chi connectivity index (χ3v) is 6.44. The zero-order valence-electron chi connectivity index (χ0n) is 12.0. The van der Waals surface area contributed by atoms with Crippen molar-refractivity contribution in [2.75, 3.05) is 12.3 Å². The minimum absolute atomic E-state index is 0.149. The van der Waals surface area contributed by atoms with Crippen LogP contribution in [0.5, 0.6) is 0 Å². The Morgan fingerprint density at radius 3 is 2.60 bits per heavy atom. The van der Waals surface area contributed by atoms with Gasteiger partial charge < -0.3 is 10.2 Å². The highest BCUT2D eigenvalue weighted by molar-refractivity contribution is 7.92. The molecule has 2 saturated heterocycles. The van der Waals surface area contributed by atoms with Gasteiger partial charge in [-0.25, -0.2) is 8.42 Å². The lowest BCUT2D eigenvalue weighted by molar-refractivity contribution is -0.148. The number of nitrogens with zero attached hydrogens (tertiary/aromatic N) is 1. The van der Waals surface area contributed by atoms with E-state index in [0.29, 0.717) is 19.3 Å². The Bertz CT molecular complexity index is 503. The summed E-state index contributed by atoms with van der Waals surface area (Å²) in [4.78, 5) is 25.8. The highest BCUT2D eigenvalue weighted by Crippen LogP contribution is 2.23. The zero-order valence-corrected chi connectivity index (χ0v) is 12.8. The monoisotopic (exact) mass is 302 g/mol. The lowest BCUT2D eigenvalue weighted by atomic mass is 10.0. The first-order valence-corrected chi connectivity index (χ1v) is 8.90. The molecule has 3 atom stereocenters. The Morgan fingerprint density at radius 2 is 2.05 bits per heavy atom. The van der Waals surface area contributed by atoms with E-state index in [1.165, 1.54) is 4.90 Å². The first-order chi connectivity index (χ1) is 9.36. The van der Waals surface area contributed by atoms with Crippen molar-refractivity contribution in [3.63, 3.8) is 0 Å². The van der Waals surface area contributed by atoms with Crippen LogP contribution in [0.1, 0.15) is 39.5 Å². The molecule has 2 heterocycles. The summed E-state index contributed by atoms with van der Waals surface area (Å²) in [5.41, 5.74) is 0. The van der Waals surface area contributed by atoms with Gasteiger partial charge in [0.25, 0.3) is 0 Å². The lowest BCUT2D eigenvalue weighted by Crippen LogP contribution is -2.63. The summed E-state index contributed by atoms with van der Waals surface area (Å²) < 4.78 is 23.8. The van der Waals surface area contributed by atoms with Gasteiger partial charge in [0.15, 0.2) is 9.84 Å². The molecule has 1 N–H and O–H groups in total. The van der Waals surface area contributed by atoms with Gasteiger partial charge in [-0.05, 0) is 26.2 Å². The Balaban J connectivity index is 2.15. The summed E-state index contributed by atoms with van der Waals surface area (Å²) in [6.07, 6.45) is 2.61. The second-order valence-corrected chi connectivity index (χ2v) is 8.05. The van der Waals surface area contributed by atoms with Crippen LogP contribution in [0.2, 0.25) is 0 Å². The van der Waals surface area contributed by atoms with Gasteiger partial charge in [-0.1, -0.05) is 13.3 Å². The molecule has 2 aliphatic rings. The molecule has 0 bridgehead atoms. The van der Waals surface area contributed by atoms with Crippen molar-refractivity contribution in [1.82, 2.24) is 10.2 Å². The maximum absolute atomic E-state index is 12.4. The van der Waals surface area contributed by atoms with Crippen LogP contribution in [0.4, 0.5) is 0 Å². The van der Waals surface area contributed by atoms with Crippen LogP contribution in [-0.2, 0) is 19.4 Å². The molecule has 6 nitrogen and oxygen atoms in total. The first kappa shape index (κ1) is 15.3. The Hall–Kier alpha value is -1.11. The van der Waals surface area contributed by atoms with Crippen LogP contribution in [0, 0.1) is 0 Å². The fraction of sp³-hybridized carbons (Fsp3) is 0.846. The molecule has 0 spiro atoms. The van der Waals surface area contributed by atoms with Crippen molar-refractivity contribution in [3.05, 3.63) is 0 Å². The van der Waals surface area contributed by atoms with Crippen LogP contribution in [-0.4, -0.2) is 54.8 Å². The van der Waals surface area contributed by atoms with E-state index in [1.54, 1.807) is 6.92 Å². The van der Waals surface area contributed by atoms with Crippen molar-refractivity contribution >= 4 is 21.7 Å². The molecule has 0 saturated carbocycles. The minimum Gasteiger partial charge on any atom is -0.343 e. The standard InChI is InChI=1S/C13H22N2O4S/c1-3-5-11-13(17)15(9(2)12(16)14-11)8-10-6-4-7-20(10,18)19/h9-11H,3-8H2,1-2H3,(H,14,16). The Morgan fingerprint density at radius 1 is 1.35 bits per heavy atom. The molecule has 0 aliphatic carbocycles. The predicted molar refractivity (Wildman–Crippen MR) is 74.8 cm³/mol. The number of amides is 2. The van der Waals surface area contributed by atoms with E-state index < -0.39 is 27.2 Å². The Kier molecular flexibility index (Phi) is 4.36. The van der Waals surface area contributed by atoms with E-state index in [9.17, 15) is 18.0 Å². The van der Waals surface area contributed by atoms with Gasteiger partial charge in [0, 0.05) is 6.54 Å². The third kappa shape index (κ3) is 2.82. The van der Waals surface area contributed by atoms with E-state index in [-0.39, 0.29) is 24.1 Å². The fourth-order valence-electron chi connectivity index (χ4n) is 2.90. The number of nitrogens with one attached hydrogen (secondary N) is 1. The number of sulfone groups is 1. The van der Waals surface area contributed by atoms with Crippen LogP contribution in [0.25, 0.3) is 0 Å². The van der Waals surface area contributed by atoms with Gasteiger partial charge in [-0.15, -0.1) is 0 Å². The number of hydrogen-bond acceptors (Lipinski definition) is 4. The quantitative estimate of drug-likeness (QED) is 0.797. The summed E-state index contributed by atoms with van der Waals surface area (Å²) in [5.74, 6) is -0.155. The number of rotatable bonds is 4. The molecule has 114 valence electrons. The van der Waals surface area contributed by atoms with Crippen LogP contribution in [0.15, 0.2) is 0 Å².